The first-order chi connectivity index (χ1) is 7.67. The Kier molecular flexibility index (Phi) is 6.32. The molecule has 1 saturated carbocycles. The van der Waals surface area contributed by atoms with Gasteiger partial charge in [-0.2, -0.15) is 0 Å². The van der Waals surface area contributed by atoms with Crippen LogP contribution in [0.1, 0.15) is 39.5 Å². The number of ether oxygens (including phenoxy) is 1. The molecule has 1 aliphatic carbocycles. The molecular weight excluding hydrogens is 200 g/mol. The molecule has 96 valence electrons. The van der Waals surface area contributed by atoms with E-state index >= 15 is 0 Å². The maximum absolute atomic E-state index is 6.03. The van der Waals surface area contributed by atoms with E-state index in [0.29, 0.717) is 12.1 Å². The largest absolute Gasteiger partial charge is 0.383 e. The van der Waals surface area contributed by atoms with Crippen LogP contribution in [-0.4, -0.2) is 43.8 Å². The van der Waals surface area contributed by atoms with Gasteiger partial charge in [0.1, 0.15) is 0 Å². The van der Waals surface area contributed by atoms with E-state index in [-0.39, 0.29) is 0 Å². The molecule has 1 aliphatic rings. The first kappa shape index (κ1) is 13.9. The van der Waals surface area contributed by atoms with Crippen LogP contribution in [0, 0.1) is 5.92 Å². The molecule has 0 heterocycles. The lowest BCUT2D eigenvalue weighted by Gasteiger charge is -2.34. The Morgan fingerprint density at radius 1 is 1.44 bits per heavy atom. The van der Waals surface area contributed by atoms with E-state index in [1.54, 1.807) is 7.11 Å². The van der Waals surface area contributed by atoms with Crippen molar-refractivity contribution in [1.29, 1.82) is 0 Å². The summed E-state index contributed by atoms with van der Waals surface area (Å²) in [5, 5.41) is 0. The predicted molar refractivity (Wildman–Crippen MR) is 68.5 cm³/mol. The van der Waals surface area contributed by atoms with Crippen LogP contribution in [0.15, 0.2) is 0 Å². The summed E-state index contributed by atoms with van der Waals surface area (Å²) < 4.78 is 5.23. The fourth-order valence-corrected chi connectivity index (χ4v) is 2.80. The molecule has 1 fully saturated rings. The van der Waals surface area contributed by atoms with E-state index < -0.39 is 0 Å². The molecule has 0 aromatic carbocycles. The van der Waals surface area contributed by atoms with Crippen molar-refractivity contribution in [3.05, 3.63) is 0 Å². The second kappa shape index (κ2) is 7.25. The molecule has 0 aromatic rings. The third kappa shape index (κ3) is 4.40. The molecule has 3 heteroatoms. The van der Waals surface area contributed by atoms with E-state index in [1.165, 1.54) is 32.2 Å². The summed E-state index contributed by atoms with van der Waals surface area (Å²) in [6.45, 7) is 7.60. The molecule has 3 nitrogen and oxygen atoms in total. The molecular formula is C13H28N2O. The van der Waals surface area contributed by atoms with Gasteiger partial charge < -0.3 is 10.5 Å². The average molecular weight is 228 g/mol. The van der Waals surface area contributed by atoms with E-state index in [2.05, 4.69) is 18.7 Å². The number of nitrogens with zero attached hydrogens (tertiary/aromatic N) is 1. The van der Waals surface area contributed by atoms with Crippen LogP contribution in [0.3, 0.4) is 0 Å². The van der Waals surface area contributed by atoms with Crippen molar-refractivity contribution in [2.45, 2.75) is 51.6 Å². The first-order valence-corrected chi connectivity index (χ1v) is 6.65. The zero-order valence-electron chi connectivity index (χ0n) is 11.1. The summed E-state index contributed by atoms with van der Waals surface area (Å²) in [6.07, 6.45) is 5.08. The fourth-order valence-electron chi connectivity index (χ4n) is 2.80. The van der Waals surface area contributed by atoms with Gasteiger partial charge in [-0.3, -0.25) is 4.90 Å². The Bertz CT molecular complexity index is 187. The number of rotatable bonds is 6. The van der Waals surface area contributed by atoms with Gasteiger partial charge in [-0.05, 0) is 38.6 Å². The standard InChI is InChI=1S/C13H28N2O/c1-4-15(11(2)10-16-3)9-12-6-5-7-13(14)8-12/h11-13H,4-10,14H2,1-3H3. The highest BCUT2D eigenvalue weighted by atomic mass is 16.5. The van der Waals surface area contributed by atoms with Gasteiger partial charge in [0.2, 0.25) is 0 Å². The minimum Gasteiger partial charge on any atom is -0.383 e. The van der Waals surface area contributed by atoms with Crippen LogP contribution in [0.4, 0.5) is 0 Å². The lowest BCUT2D eigenvalue weighted by Crippen LogP contribution is -2.41. The lowest BCUT2D eigenvalue weighted by molar-refractivity contribution is 0.0846. The first-order valence-electron chi connectivity index (χ1n) is 6.65. The van der Waals surface area contributed by atoms with Crippen LogP contribution in [0.5, 0.6) is 0 Å². The average Bonchev–Trinajstić information content (AvgIpc) is 2.26. The van der Waals surface area contributed by atoms with Gasteiger partial charge in [0, 0.05) is 25.7 Å². The van der Waals surface area contributed by atoms with E-state index in [4.69, 9.17) is 10.5 Å². The number of nitrogens with two attached hydrogens (primary N) is 1. The van der Waals surface area contributed by atoms with Gasteiger partial charge >= 0.3 is 0 Å². The van der Waals surface area contributed by atoms with Gasteiger partial charge in [-0.15, -0.1) is 0 Å². The van der Waals surface area contributed by atoms with Gasteiger partial charge in [0.05, 0.1) is 6.61 Å². The molecule has 0 amide bonds. The molecule has 0 spiro atoms. The highest BCUT2D eigenvalue weighted by Crippen LogP contribution is 2.24. The molecule has 0 radical (unpaired) electrons. The zero-order valence-corrected chi connectivity index (χ0v) is 11.1. The summed E-state index contributed by atoms with van der Waals surface area (Å²) in [6, 6.07) is 0.961. The Hall–Kier alpha value is -0.120. The quantitative estimate of drug-likeness (QED) is 0.754. The molecule has 16 heavy (non-hydrogen) atoms. The molecule has 1 rings (SSSR count). The maximum atomic E-state index is 6.03. The second-order valence-corrected chi connectivity index (χ2v) is 5.18. The van der Waals surface area contributed by atoms with Crippen LogP contribution in [0.25, 0.3) is 0 Å². The van der Waals surface area contributed by atoms with E-state index in [9.17, 15) is 0 Å². The van der Waals surface area contributed by atoms with Crippen molar-refractivity contribution in [1.82, 2.24) is 4.90 Å². The highest BCUT2D eigenvalue weighted by Gasteiger charge is 2.22. The van der Waals surface area contributed by atoms with Gasteiger partial charge in [-0.25, -0.2) is 0 Å². The molecule has 2 N–H and O–H groups in total. The topological polar surface area (TPSA) is 38.5 Å². The highest BCUT2D eigenvalue weighted by molar-refractivity contribution is 4.78. The van der Waals surface area contributed by atoms with Gasteiger partial charge in [-0.1, -0.05) is 13.3 Å². The van der Waals surface area contributed by atoms with Crippen molar-refractivity contribution in [2.24, 2.45) is 11.7 Å². The normalized spacial score (nSPS) is 28.3. The molecule has 0 saturated heterocycles. The SMILES string of the molecule is CCN(CC1CCCC(N)C1)C(C)COC. The Morgan fingerprint density at radius 2 is 2.19 bits per heavy atom. The second-order valence-electron chi connectivity index (χ2n) is 5.18. The predicted octanol–water partition coefficient (Wildman–Crippen LogP) is 1.86. The summed E-state index contributed by atoms with van der Waals surface area (Å²) in [5.74, 6) is 0.794. The fraction of sp³-hybridized carbons (Fsp3) is 1.00. The minimum atomic E-state index is 0.440. The van der Waals surface area contributed by atoms with Crippen molar-refractivity contribution in [3.8, 4) is 0 Å². The Labute approximate surface area is 100 Å². The molecule has 3 unspecified atom stereocenters. The molecule has 0 aromatic heterocycles. The minimum absolute atomic E-state index is 0.440. The van der Waals surface area contributed by atoms with Crippen LogP contribution in [0.2, 0.25) is 0 Å². The van der Waals surface area contributed by atoms with Crippen LogP contribution in [-0.2, 0) is 4.74 Å². The van der Waals surface area contributed by atoms with Crippen molar-refractivity contribution in [3.63, 3.8) is 0 Å². The lowest BCUT2D eigenvalue weighted by atomic mass is 9.85. The van der Waals surface area contributed by atoms with Crippen molar-refractivity contribution >= 4 is 0 Å². The molecule has 0 aliphatic heterocycles. The van der Waals surface area contributed by atoms with Crippen molar-refractivity contribution < 1.29 is 4.74 Å². The molecule has 3 atom stereocenters. The van der Waals surface area contributed by atoms with Gasteiger partial charge in [0.25, 0.3) is 0 Å². The third-order valence-electron chi connectivity index (χ3n) is 3.75. The monoisotopic (exact) mass is 228 g/mol. The number of hydrogen-bond donors (Lipinski definition) is 1. The summed E-state index contributed by atoms with van der Waals surface area (Å²) >= 11 is 0. The van der Waals surface area contributed by atoms with Crippen LogP contribution < -0.4 is 5.73 Å². The smallest absolute Gasteiger partial charge is 0.0615 e. The number of methoxy groups -OCH3 is 1. The van der Waals surface area contributed by atoms with E-state index in [1.807, 2.05) is 0 Å². The summed E-state index contributed by atoms with van der Waals surface area (Å²) in [4.78, 5) is 2.52. The molecule has 0 bridgehead atoms. The number of hydrogen-bond acceptors (Lipinski definition) is 3. The van der Waals surface area contributed by atoms with Crippen molar-refractivity contribution in [2.75, 3.05) is 26.8 Å². The van der Waals surface area contributed by atoms with E-state index in [0.717, 1.165) is 19.1 Å². The van der Waals surface area contributed by atoms with Crippen LogP contribution >= 0.6 is 0 Å². The Balaban J connectivity index is 2.36. The summed E-state index contributed by atoms with van der Waals surface area (Å²) in [5.41, 5.74) is 6.03. The Morgan fingerprint density at radius 3 is 2.75 bits per heavy atom. The number of likely N-dealkylation sites (N-methyl/N-ethyl adjacent to an activating group) is 1. The third-order valence-corrected chi connectivity index (χ3v) is 3.75. The van der Waals surface area contributed by atoms with Gasteiger partial charge in [0.15, 0.2) is 0 Å². The maximum Gasteiger partial charge on any atom is 0.0615 e. The summed E-state index contributed by atoms with van der Waals surface area (Å²) in [7, 11) is 1.78. The zero-order chi connectivity index (χ0) is 12.0.